The standard InChI is InChI=1S/C13H21N3O4/c17-12(15-9-4-2-1-3-5-9)6-7-14-13(18)10-8-11(10)16(19)20/h9-11H,1-8H2,(H,14,18)(H,15,17). The van der Waals surface area contributed by atoms with Crippen LogP contribution in [0.3, 0.4) is 0 Å². The molecule has 7 nitrogen and oxygen atoms in total. The van der Waals surface area contributed by atoms with Crippen LogP contribution in [0.2, 0.25) is 0 Å². The maximum Gasteiger partial charge on any atom is 0.230 e. The fourth-order valence-corrected chi connectivity index (χ4v) is 2.67. The smallest absolute Gasteiger partial charge is 0.230 e. The van der Waals surface area contributed by atoms with Gasteiger partial charge < -0.3 is 10.6 Å². The van der Waals surface area contributed by atoms with Gasteiger partial charge in [-0.1, -0.05) is 19.3 Å². The summed E-state index contributed by atoms with van der Waals surface area (Å²) in [6.45, 7) is 0.248. The SMILES string of the molecule is O=C(CCNC(=O)C1CC1[N+](=O)[O-])NC1CCCCC1. The van der Waals surface area contributed by atoms with Gasteiger partial charge in [-0.3, -0.25) is 19.7 Å². The van der Waals surface area contributed by atoms with Gasteiger partial charge in [0.2, 0.25) is 17.9 Å². The van der Waals surface area contributed by atoms with E-state index in [0.717, 1.165) is 25.7 Å². The van der Waals surface area contributed by atoms with Crippen LogP contribution in [0.5, 0.6) is 0 Å². The summed E-state index contributed by atoms with van der Waals surface area (Å²) in [6, 6.07) is -0.458. The summed E-state index contributed by atoms with van der Waals surface area (Å²) in [4.78, 5) is 33.2. The molecule has 0 saturated heterocycles. The van der Waals surface area contributed by atoms with E-state index in [1.54, 1.807) is 0 Å². The molecule has 0 radical (unpaired) electrons. The number of carbonyl (C=O) groups excluding carboxylic acids is 2. The van der Waals surface area contributed by atoms with Crippen molar-refractivity contribution < 1.29 is 14.5 Å². The van der Waals surface area contributed by atoms with Crippen LogP contribution in [0, 0.1) is 16.0 Å². The van der Waals surface area contributed by atoms with Gasteiger partial charge in [0.15, 0.2) is 0 Å². The van der Waals surface area contributed by atoms with Gasteiger partial charge in [0.05, 0.1) is 0 Å². The van der Waals surface area contributed by atoms with E-state index in [2.05, 4.69) is 10.6 Å². The quantitative estimate of drug-likeness (QED) is 0.550. The highest BCUT2D eigenvalue weighted by molar-refractivity contribution is 5.83. The van der Waals surface area contributed by atoms with E-state index < -0.39 is 16.9 Å². The van der Waals surface area contributed by atoms with Crippen LogP contribution < -0.4 is 10.6 Å². The Bertz CT molecular complexity index is 393. The molecule has 112 valence electrons. The monoisotopic (exact) mass is 283 g/mol. The Kier molecular flexibility index (Phi) is 4.92. The molecule has 2 atom stereocenters. The van der Waals surface area contributed by atoms with E-state index in [1.165, 1.54) is 6.42 Å². The van der Waals surface area contributed by atoms with Crippen LogP contribution >= 0.6 is 0 Å². The molecule has 2 rings (SSSR count). The Morgan fingerprint density at radius 2 is 1.90 bits per heavy atom. The molecule has 0 heterocycles. The second-order valence-electron chi connectivity index (χ2n) is 5.64. The topological polar surface area (TPSA) is 101 Å². The van der Waals surface area contributed by atoms with E-state index in [1.807, 2.05) is 0 Å². The minimum Gasteiger partial charge on any atom is -0.355 e. The second kappa shape index (κ2) is 6.67. The molecule has 2 saturated carbocycles. The van der Waals surface area contributed by atoms with Crippen molar-refractivity contribution in [3.63, 3.8) is 0 Å². The number of nitro groups is 1. The third-order valence-corrected chi connectivity index (χ3v) is 3.99. The minimum atomic E-state index is -0.730. The summed E-state index contributed by atoms with van der Waals surface area (Å²) in [5, 5.41) is 16.0. The molecule has 0 aromatic heterocycles. The summed E-state index contributed by atoms with van der Waals surface area (Å²) >= 11 is 0. The van der Waals surface area contributed by atoms with Crippen molar-refractivity contribution in [3.05, 3.63) is 10.1 Å². The third kappa shape index (κ3) is 4.18. The maximum absolute atomic E-state index is 11.7. The minimum absolute atomic E-state index is 0.0566. The number of hydrogen-bond acceptors (Lipinski definition) is 4. The van der Waals surface area contributed by atoms with Gasteiger partial charge in [-0.15, -0.1) is 0 Å². The van der Waals surface area contributed by atoms with Crippen LogP contribution in [0.4, 0.5) is 0 Å². The van der Waals surface area contributed by atoms with E-state index in [4.69, 9.17) is 0 Å². The lowest BCUT2D eigenvalue weighted by molar-refractivity contribution is -0.497. The Labute approximate surface area is 117 Å². The molecule has 20 heavy (non-hydrogen) atoms. The molecule has 0 aromatic carbocycles. The number of amides is 2. The van der Waals surface area contributed by atoms with Crippen molar-refractivity contribution in [2.75, 3.05) is 6.54 Å². The molecule has 0 bridgehead atoms. The summed E-state index contributed by atoms with van der Waals surface area (Å²) in [5.41, 5.74) is 0. The first-order valence-electron chi connectivity index (χ1n) is 7.28. The highest BCUT2D eigenvalue weighted by Gasteiger charge is 2.53. The van der Waals surface area contributed by atoms with E-state index in [9.17, 15) is 19.7 Å². The molecular weight excluding hydrogens is 262 g/mol. The predicted octanol–water partition coefficient (Wildman–Crippen LogP) is 0.607. The van der Waals surface area contributed by atoms with Crippen LogP contribution in [0.15, 0.2) is 0 Å². The molecule has 2 amide bonds. The van der Waals surface area contributed by atoms with Crippen molar-refractivity contribution in [1.29, 1.82) is 0 Å². The van der Waals surface area contributed by atoms with Crippen molar-refractivity contribution in [1.82, 2.24) is 10.6 Å². The first-order chi connectivity index (χ1) is 9.58. The highest BCUT2D eigenvalue weighted by atomic mass is 16.6. The van der Waals surface area contributed by atoms with E-state index >= 15 is 0 Å². The summed E-state index contributed by atoms with van der Waals surface area (Å²) in [5.74, 6) is -0.873. The molecule has 2 fully saturated rings. The fraction of sp³-hybridized carbons (Fsp3) is 0.846. The van der Waals surface area contributed by atoms with Crippen molar-refractivity contribution in [2.24, 2.45) is 5.92 Å². The highest BCUT2D eigenvalue weighted by Crippen LogP contribution is 2.32. The summed E-state index contributed by atoms with van der Waals surface area (Å²) < 4.78 is 0. The molecule has 2 aliphatic carbocycles. The lowest BCUT2D eigenvalue weighted by atomic mass is 9.95. The normalized spacial score (nSPS) is 25.8. The van der Waals surface area contributed by atoms with Gasteiger partial charge in [-0.05, 0) is 12.8 Å². The Morgan fingerprint density at radius 1 is 1.20 bits per heavy atom. The first kappa shape index (κ1) is 14.7. The summed E-state index contributed by atoms with van der Waals surface area (Å²) in [6.07, 6.45) is 6.17. The number of carbonyl (C=O) groups is 2. The molecule has 0 aromatic rings. The first-order valence-corrected chi connectivity index (χ1v) is 7.28. The van der Waals surface area contributed by atoms with Gasteiger partial charge in [0.1, 0.15) is 5.92 Å². The third-order valence-electron chi connectivity index (χ3n) is 3.99. The average Bonchev–Trinajstić information content (AvgIpc) is 3.20. The maximum atomic E-state index is 11.7. The average molecular weight is 283 g/mol. The molecule has 0 spiro atoms. The number of rotatable bonds is 6. The van der Waals surface area contributed by atoms with Crippen molar-refractivity contribution >= 4 is 11.8 Å². The van der Waals surface area contributed by atoms with Crippen molar-refractivity contribution in [2.45, 2.75) is 57.0 Å². The lowest BCUT2D eigenvalue weighted by Gasteiger charge is -2.22. The predicted molar refractivity (Wildman–Crippen MR) is 71.5 cm³/mol. The van der Waals surface area contributed by atoms with Crippen LogP contribution in [-0.2, 0) is 9.59 Å². The van der Waals surface area contributed by atoms with E-state index in [-0.39, 0.29) is 30.8 Å². The van der Waals surface area contributed by atoms with Gasteiger partial charge >= 0.3 is 0 Å². The second-order valence-corrected chi connectivity index (χ2v) is 5.64. The van der Waals surface area contributed by atoms with Crippen molar-refractivity contribution in [3.8, 4) is 0 Å². The zero-order valence-corrected chi connectivity index (χ0v) is 11.5. The zero-order valence-electron chi connectivity index (χ0n) is 11.5. The Hall–Kier alpha value is -1.66. The van der Waals surface area contributed by atoms with Gasteiger partial charge in [0.25, 0.3) is 0 Å². The van der Waals surface area contributed by atoms with Gasteiger partial charge in [-0.2, -0.15) is 0 Å². The molecule has 2 unspecified atom stereocenters. The largest absolute Gasteiger partial charge is 0.355 e. The number of nitrogens with zero attached hydrogens (tertiary/aromatic N) is 1. The molecule has 0 aliphatic heterocycles. The Balaban J connectivity index is 1.57. The van der Waals surface area contributed by atoms with Gasteiger partial charge in [0, 0.05) is 30.4 Å². The van der Waals surface area contributed by atoms with Crippen LogP contribution in [0.25, 0.3) is 0 Å². The molecule has 7 heteroatoms. The molecular formula is C13H21N3O4. The zero-order chi connectivity index (χ0) is 14.5. The molecule has 2 aliphatic rings. The summed E-state index contributed by atoms with van der Waals surface area (Å²) in [7, 11) is 0. The lowest BCUT2D eigenvalue weighted by Crippen LogP contribution is -2.38. The Morgan fingerprint density at radius 3 is 2.50 bits per heavy atom. The van der Waals surface area contributed by atoms with Gasteiger partial charge in [-0.25, -0.2) is 0 Å². The number of nitrogens with one attached hydrogen (secondary N) is 2. The van der Waals surface area contributed by atoms with E-state index in [0.29, 0.717) is 6.42 Å². The van der Waals surface area contributed by atoms with Crippen LogP contribution in [0.1, 0.15) is 44.9 Å². The fourth-order valence-electron chi connectivity index (χ4n) is 2.67. The van der Waals surface area contributed by atoms with Crippen LogP contribution in [-0.4, -0.2) is 35.4 Å². The number of hydrogen-bond donors (Lipinski definition) is 2. The molecule has 2 N–H and O–H groups in total.